The molecule has 0 radical (unpaired) electrons. The molecule has 1 aromatic heterocycles. The predicted octanol–water partition coefficient (Wildman–Crippen LogP) is 1.77. The highest BCUT2D eigenvalue weighted by Gasteiger charge is 1.89. The summed E-state index contributed by atoms with van der Waals surface area (Å²) in [6.07, 6.45) is 3.76. The van der Waals surface area contributed by atoms with Gasteiger partial charge in [0, 0.05) is 18.7 Å². The van der Waals surface area contributed by atoms with E-state index in [-0.39, 0.29) is 0 Å². The molecule has 0 saturated carbocycles. The summed E-state index contributed by atoms with van der Waals surface area (Å²) in [5.41, 5.74) is 1.01. The van der Waals surface area contributed by atoms with E-state index < -0.39 is 0 Å². The fourth-order valence-electron chi connectivity index (χ4n) is 0.687. The third-order valence-corrected chi connectivity index (χ3v) is 1.68. The second-order valence-corrected chi connectivity index (χ2v) is 2.83. The van der Waals surface area contributed by atoms with Gasteiger partial charge in [-0.2, -0.15) is 0 Å². The molecule has 0 unspecified atom stereocenters. The van der Waals surface area contributed by atoms with Gasteiger partial charge < -0.3 is 0 Å². The maximum Gasteiger partial charge on any atom is 0.120 e. The number of pyridine rings is 1. The smallest absolute Gasteiger partial charge is 0.120 e. The van der Waals surface area contributed by atoms with Crippen LogP contribution in [0.15, 0.2) is 29.0 Å². The van der Waals surface area contributed by atoms with Crippen LogP contribution in [0.2, 0.25) is 0 Å². The summed E-state index contributed by atoms with van der Waals surface area (Å²) >= 11 is 3.21. The number of rotatable bonds is 2. The van der Waals surface area contributed by atoms with Crippen LogP contribution in [0.25, 0.3) is 0 Å². The van der Waals surface area contributed by atoms with Crippen molar-refractivity contribution in [1.29, 1.82) is 0 Å². The van der Waals surface area contributed by atoms with E-state index in [4.69, 9.17) is 0 Å². The second-order valence-electron chi connectivity index (χ2n) is 2.02. The molecule has 0 aromatic carbocycles. The largest absolute Gasteiger partial charge is 0.249 e. The lowest BCUT2D eigenvalue weighted by atomic mass is 10.2. The summed E-state index contributed by atoms with van der Waals surface area (Å²) in [6.45, 7) is 0. The summed E-state index contributed by atoms with van der Waals surface area (Å²) in [5.74, 6) is 1.72. The van der Waals surface area contributed by atoms with E-state index in [1.54, 1.807) is 12.1 Å². The summed E-state index contributed by atoms with van der Waals surface area (Å²) in [6, 6.07) is 3.75. The Morgan fingerprint density at radius 2 is 2.45 bits per heavy atom. The number of nitrogens with zero attached hydrogens (tertiary/aromatic N) is 1. The van der Waals surface area contributed by atoms with Crippen LogP contribution < -0.4 is 0 Å². The van der Waals surface area contributed by atoms with Gasteiger partial charge in [0.25, 0.3) is 0 Å². The Morgan fingerprint density at radius 1 is 1.64 bits per heavy atom. The molecule has 0 aliphatic heterocycles. The van der Waals surface area contributed by atoms with Gasteiger partial charge in [-0.1, -0.05) is 6.07 Å². The van der Waals surface area contributed by atoms with Crippen LogP contribution >= 0.6 is 15.9 Å². The maximum atomic E-state index is 9.83. The number of aromatic nitrogens is 1. The van der Waals surface area contributed by atoms with E-state index in [1.165, 1.54) is 6.08 Å². The van der Waals surface area contributed by atoms with Crippen molar-refractivity contribution in [2.45, 2.75) is 6.42 Å². The molecule has 0 bridgehead atoms. The quantitative estimate of drug-likeness (QED) is 0.552. The van der Waals surface area contributed by atoms with Crippen molar-refractivity contribution >= 4 is 21.9 Å². The van der Waals surface area contributed by atoms with E-state index in [9.17, 15) is 4.79 Å². The third kappa shape index (κ3) is 2.66. The average molecular weight is 212 g/mol. The van der Waals surface area contributed by atoms with Crippen LogP contribution in [0.4, 0.5) is 0 Å². The molecule has 0 spiro atoms. The van der Waals surface area contributed by atoms with Crippen molar-refractivity contribution in [3.8, 4) is 0 Å². The molecule has 0 amide bonds. The van der Waals surface area contributed by atoms with Gasteiger partial charge in [0.05, 0.1) is 0 Å². The fourth-order valence-corrected chi connectivity index (χ4v) is 0.921. The van der Waals surface area contributed by atoms with Crippen molar-refractivity contribution in [2.75, 3.05) is 0 Å². The molecular weight excluding hydrogens is 206 g/mol. The van der Waals surface area contributed by atoms with E-state index in [0.29, 0.717) is 6.42 Å². The lowest BCUT2D eigenvalue weighted by molar-refractivity contribution is 0.568. The lowest BCUT2D eigenvalue weighted by Gasteiger charge is -1.92. The Bertz CT molecular complexity index is 275. The SMILES string of the molecule is O=C=CCc1ccc(Br)nc1. The normalized spacial score (nSPS) is 8.82. The number of allylic oxidation sites excluding steroid dienone is 1. The van der Waals surface area contributed by atoms with Crippen LogP contribution in [0.3, 0.4) is 0 Å². The van der Waals surface area contributed by atoms with Crippen LogP contribution in [-0.4, -0.2) is 10.9 Å². The summed E-state index contributed by atoms with van der Waals surface area (Å²) in [7, 11) is 0. The molecule has 0 aliphatic carbocycles. The van der Waals surface area contributed by atoms with Gasteiger partial charge in [-0.3, -0.25) is 0 Å². The van der Waals surface area contributed by atoms with Crippen LogP contribution in [0.5, 0.6) is 0 Å². The summed E-state index contributed by atoms with van der Waals surface area (Å²) in [5, 5.41) is 0. The Kier molecular flexibility index (Phi) is 3.02. The van der Waals surface area contributed by atoms with Gasteiger partial charge in [0.15, 0.2) is 0 Å². The molecule has 11 heavy (non-hydrogen) atoms. The minimum absolute atomic E-state index is 0.601. The Labute approximate surface area is 73.1 Å². The van der Waals surface area contributed by atoms with E-state index in [2.05, 4.69) is 20.9 Å². The number of halogens is 1. The van der Waals surface area contributed by atoms with Gasteiger partial charge >= 0.3 is 0 Å². The maximum absolute atomic E-state index is 9.83. The van der Waals surface area contributed by atoms with Gasteiger partial charge in [0.1, 0.15) is 10.5 Å². The summed E-state index contributed by atoms with van der Waals surface area (Å²) in [4.78, 5) is 13.8. The number of hydrogen-bond acceptors (Lipinski definition) is 2. The Balaban J connectivity index is 2.73. The van der Waals surface area contributed by atoms with Crippen molar-refractivity contribution < 1.29 is 4.79 Å². The second kappa shape index (κ2) is 4.06. The van der Waals surface area contributed by atoms with Crippen LogP contribution in [0, 0.1) is 0 Å². The Morgan fingerprint density at radius 3 is 3.00 bits per heavy atom. The highest BCUT2D eigenvalue weighted by molar-refractivity contribution is 9.10. The van der Waals surface area contributed by atoms with Crippen LogP contribution in [-0.2, 0) is 11.2 Å². The van der Waals surface area contributed by atoms with E-state index in [1.807, 2.05) is 12.1 Å². The molecule has 3 heteroatoms. The standard InChI is InChI=1S/C8H6BrNO/c9-8-4-3-7(6-10-8)2-1-5-11/h1,3-4,6H,2H2. The van der Waals surface area contributed by atoms with Gasteiger partial charge in [-0.05, 0) is 27.6 Å². The molecule has 56 valence electrons. The van der Waals surface area contributed by atoms with Crippen molar-refractivity contribution in [3.63, 3.8) is 0 Å². The number of carbonyl (C=O) groups excluding carboxylic acids is 1. The number of hydrogen-bond donors (Lipinski definition) is 0. The molecule has 1 aromatic rings. The van der Waals surface area contributed by atoms with Crippen LogP contribution in [0.1, 0.15) is 5.56 Å². The fraction of sp³-hybridized carbons (Fsp3) is 0.125. The lowest BCUT2D eigenvalue weighted by Crippen LogP contribution is -1.82. The molecule has 0 aliphatic rings. The Hall–Kier alpha value is -0.920. The zero-order valence-electron chi connectivity index (χ0n) is 5.75. The minimum atomic E-state index is 0.601. The topological polar surface area (TPSA) is 30.0 Å². The first-order valence-electron chi connectivity index (χ1n) is 3.12. The molecule has 1 rings (SSSR count). The van der Waals surface area contributed by atoms with Gasteiger partial charge in [0.2, 0.25) is 0 Å². The molecule has 2 nitrogen and oxygen atoms in total. The molecule has 0 N–H and O–H groups in total. The van der Waals surface area contributed by atoms with Gasteiger partial charge in [-0.25, -0.2) is 9.78 Å². The van der Waals surface area contributed by atoms with E-state index in [0.717, 1.165) is 10.2 Å². The first kappa shape index (κ1) is 8.18. The first-order valence-corrected chi connectivity index (χ1v) is 3.92. The minimum Gasteiger partial charge on any atom is -0.249 e. The van der Waals surface area contributed by atoms with Crippen molar-refractivity contribution in [1.82, 2.24) is 4.98 Å². The first-order chi connectivity index (χ1) is 5.33. The highest BCUT2D eigenvalue weighted by Crippen LogP contribution is 2.06. The van der Waals surface area contributed by atoms with Gasteiger partial charge in [-0.15, -0.1) is 0 Å². The zero-order chi connectivity index (χ0) is 8.10. The van der Waals surface area contributed by atoms with E-state index >= 15 is 0 Å². The summed E-state index contributed by atoms with van der Waals surface area (Å²) < 4.78 is 0.802. The third-order valence-electron chi connectivity index (χ3n) is 1.21. The molecular formula is C8H6BrNO. The molecule has 0 saturated heterocycles. The molecule has 1 heterocycles. The van der Waals surface area contributed by atoms with Crippen molar-refractivity contribution in [2.24, 2.45) is 0 Å². The predicted molar refractivity (Wildman–Crippen MR) is 45.9 cm³/mol. The molecule has 0 fully saturated rings. The van der Waals surface area contributed by atoms with Crippen molar-refractivity contribution in [3.05, 3.63) is 34.6 Å². The monoisotopic (exact) mass is 211 g/mol. The highest BCUT2D eigenvalue weighted by atomic mass is 79.9. The zero-order valence-corrected chi connectivity index (χ0v) is 7.34. The molecule has 0 atom stereocenters. The average Bonchev–Trinajstić information content (AvgIpc) is 2.04.